The van der Waals surface area contributed by atoms with Crippen LogP contribution in [0, 0.1) is 6.92 Å². The van der Waals surface area contributed by atoms with Crippen molar-refractivity contribution in [1.29, 1.82) is 0 Å². The lowest BCUT2D eigenvalue weighted by Crippen LogP contribution is -2.39. The molecule has 0 N–H and O–H groups in total. The van der Waals surface area contributed by atoms with Crippen molar-refractivity contribution in [2.45, 2.75) is 45.4 Å². The number of hydrogen-bond acceptors (Lipinski definition) is 4. The zero-order valence-corrected chi connectivity index (χ0v) is 16.1. The molecule has 4 heterocycles. The highest BCUT2D eigenvalue weighted by Crippen LogP contribution is 2.29. The minimum atomic E-state index is 0.166. The minimum absolute atomic E-state index is 0.166. The number of thiophene rings is 1. The fourth-order valence-electron chi connectivity index (χ4n) is 3.81. The molecule has 1 aliphatic rings. The molecule has 26 heavy (non-hydrogen) atoms. The molecule has 6 heteroatoms. The van der Waals surface area contributed by atoms with Gasteiger partial charge in [0, 0.05) is 30.1 Å². The van der Waals surface area contributed by atoms with Gasteiger partial charge in [-0.1, -0.05) is 19.4 Å². The first-order valence-electron chi connectivity index (χ1n) is 9.35. The predicted octanol–water partition coefficient (Wildman–Crippen LogP) is 4.07. The maximum Gasteiger partial charge on any atom is 0.263 e. The van der Waals surface area contributed by atoms with Gasteiger partial charge < -0.3 is 4.90 Å². The summed E-state index contributed by atoms with van der Waals surface area (Å²) in [5, 5.41) is 8.67. The maximum atomic E-state index is 13.0. The van der Waals surface area contributed by atoms with Crippen molar-refractivity contribution < 1.29 is 4.79 Å². The summed E-state index contributed by atoms with van der Waals surface area (Å²) in [6, 6.07) is 8.03. The van der Waals surface area contributed by atoms with Gasteiger partial charge in [0.2, 0.25) is 0 Å². The molecular formula is C20H24N4OS. The molecule has 3 aromatic rings. The van der Waals surface area contributed by atoms with E-state index in [2.05, 4.69) is 30.1 Å². The van der Waals surface area contributed by atoms with Crippen LogP contribution < -0.4 is 0 Å². The Morgan fingerprint density at radius 1 is 1.35 bits per heavy atom. The van der Waals surface area contributed by atoms with Crippen molar-refractivity contribution in [2.75, 3.05) is 13.1 Å². The molecule has 1 fully saturated rings. The predicted molar refractivity (Wildman–Crippen MR) is 104 cm³/mol. The second-order valence-corrected chi connectivity index (χ2v) is 8.28. The van der Waals surface area contributed by atoms with Gasteiger partial charge in [-0.25, -0.2) is 0 Å². The van der Waals surface area contributed by atoms with Crippen LogP contribution in [0.5, 0.6) is 0 Å². The summed E-state index contributed by atoms with van der Waals surface area (Å²) < 4.78 is 2.05. The van der Waals surface area contributed by atoms with Gasteiger partial charge in [-0.15, -0.1) is 21.5 Å². The quantitative estimate of drug-likeness (QED) is 0.697. The topological polar surface area (TPSA) is 50.5 Å². The van der Waals surface area contributed by atoms with E-state index in [1.165, 1.54) is 10.4 Å². The molecule has 4 rings (SSSR count). The third kappa shape index (κ3) is 3.14. The van der Waals surface area contributed by atoms with Crippen LogP contribution in [0.2, 0.25) is 0 Å². The van der Waals surface area contributed by atoms with Crippen molar-refractivity contribution in [3.8, 4) is 0 Å². The molecule has 0 spiro atoms. The van der Waals surface area contributed by atoms with Crippen molar-refractivity contribution in [3.05, 3.63) is 51.6 Å². The summed E-state index contributed by atoms with van der Waals surface area (Å²) in [6.45, 7) is 5.84. The van der Waals surface area contributed by atoms with Crippen molar-refractivity contribution >= 4 is 22.9 Å². The summed E-state index contributed by atoms with van der Waals surface area (Å²) in [5.41, 5.74) is 2.18. The monoisotopic (exact) mass is 368 g/mol. The number of aryl methyl sites for hydroxylation is 2. The molecule has 0 saturated carbocycles. The molecule has 5 nitrogen and oxygen atoms in total. The molecule has 0 bridgehead atoms. The van der Waals surface area contributed by atoms with Crippen LogP contribution in [-0.2, 0) is 6.42 Å². The Balaban J connectivity index is 1.55. The second kappa shape index (κ2) is 7.19. The highest BCUT2D eigenvalue weighted by molar-refractivity contribution is 7.14. The number of carbonyl (C=O) groups is 1. The Hall–Kier alpha value is -2.21. The molecule has 0 aromatic carbocycles. The zero-order chi connectivity index (χ0) is 18.1. The van der Waals surface area contributed by atoms with Crippen LogP contribution in [-0.4, -0.2) is 38.5 Å². The number of fused-ring (bicyclic) bond motifs is 1. The number of rotatable bonds is 4. The Kier molecular flexibility index (Phi) is 4.76. The van der Waals surface area contributed by atoms with Crippen molar-refractivity contribution in [3.63, 3.8) is 0 Å². The third-order valence-corrected chi connectivity index (χ3v) is 6.25. The van der Waals surface area contributed by atoms with Crippen LogP contribution >= 0.6 is 11.3 Å². The Morgan fingerprint density at radius 2 is 2.23 bits per heavy atom. The van der Waals surface area contributed by atoms with E-state index in [0.29, 0.717) is 6.54 Å². The lowest BCUT2D eigenvalue weighted by atomic mass is 9.97. The number of hydrogen-bond donors (Lipinski definition) is 0. The van der Waals surface area contributed by atoms with Gasteiger partial charge in [0.15, 0.2) is 5.65 Å². The summed E-state index contributed by atoms with van der Waals surface area (Å²) in [6.07, 6.45) is 6.21. The fraction of sp³-hybridized carbons (Fsp3) is 0.450. The first-order valence-corrected chi connectivity index (χ1v) is 10.2. The van der Waals surface area contributed by atoms with E-state index in [4.69, 9.17) is 0 Å². The average Bonchev–Trinajstić information content (AvgIpc) is 3.26. The van der Waals surface area contributed by atoms with E-state index < -0.39 is 0 Å². The molecular weight excluding hydrogens is 344 g/mol. The van der Waals surface area contributed by atoms with E-state index in [0.717, 1.165) is 48.6 Å². The lowest BCUT2D eigenvalue weighted by Gasteiger charge is -2.31. The van der Waals surface area contributed by atoms with Crippen LogP contribution in [0.15, 0.2) is 30.5 Å². The Bertz CT molecular complexity index is 929. The van der Waals surface area contributed by atoms with E-state index in [1.54, 1.807) is 11.3 Å². The zero-order valence-electron chi connectivity index (χ0n) is 15.3. The summed E-state index contributed by atoms with van der Waals surface area (Å²) in [7, 11) is 0. The number of nitrogens with zero attached hydrogens (tertiary/aromatic N) is 4. The number of likely N-dealkylation sites (tertiary alicyclic amines) is 1. The van der Waals surface area contributed by atoms with E-state index in [-0.39, 0.29) is 11.8 Å². The SMILES string of the molecule is CCCc1cc(C(=O)N2CCC[C@@H](c3nnc4ccccn34)C2)sc1C. The smallest absolute Gasteiger partial charge is 0.263 e. The number of carbonyl (C=O) groups excluding carboxylic acids is 1. The van der Waals surface area contributed by atoms with E-state index >= 15 is 0 Å². The fourth-order valence-corrected chi connectivity index (χ4v) is 4.85. The Morgan fingerprint density at radius 3 is 3.08 bits per heavy atom. The number of piperidine rings is 1. The first-order chi connectivity index (χ1) is 12.7. The van der Waals surface area contributed by atoms with Gasteiger partial charge in [0.1, 0.15) is 5.82 Å². The molecule has 0 radical (unpaired) electrons. The van der Waals surface area contributed by atoms with E-state index in [9.17, 15) is 4.79 Å². The average molecular weight is 369 g/mol. The standard InChI is InChI=1S/C20H24N4OS/c1-3-7-15-12-17(26-14(15)2)20(25)23-10-6-8-16(13-23)19-22-21-18-9-4-5-11-24(18)19/h4-5,9,11-12,16H,3,6-8,10,13H2,1-2H3/t16-/m1/s1. The van der Waals surface area contributed by atoms with Gasteiger partial charge in [0.25, 0.3) is 5.91 Å². The van der Waals surface area contributed by atoms with Crippen LogP contribution in [0.25, 0.3) is 5.65 Å². The molecule has 3 aromatic heterocycles. The lowest BCUT2D eigenvalue weighted by molar-refractivity contribution is 0.0709. The molecule has 1 saturated heterocycles. The third-order valence-electron chi connectivity index (χ3n) is 5.16. The second-order valence-electron chi connectivity index (χ2n) is 7.02. The van der Waals surface area contributed by atoms with Crippen LogP contribution in [0.1, 0.15) is 58.0 Å². The molecule has 136 valence electrons. The maximum absolute atomic E-state index is 13.0. The highest BCUT2D eigenvalue weighted by atomic mass is 32.1. The molecule has 1 aliphatic heterocycles. The summed E-state index contributed by atoms with van der Waals surface area (Å²) in [5.74, 6) is 1.37. The Labute approximate surface area is 157 Å². The van der Waals surface area contributed by atoms with Crippen LogP contribution in [0.4, 0.5) is 0 Å². The highest BCUT2D eigenvalue weighted by Gasteiger charge is 2.29. The molecule has 1 atom stereocenters. The summed E-state index contributed by atoms with van der Waals surface area (Å²) in [4.78, 5) is 17.2. The van der Waals surface area contributed by atoms with Gasteiger partial charge in [-0.3, -0.25) is 9.20 Å². The molecule has 0 aliphatic carbocycles. The number of aromatic nitrogens is 3. The molecule has 0 unspecified atom stereocenters. The normalized spacial score (nSPS) is 17.8. The summed E-state index contributed by atoms with van der Waals surface area (Å²) >= 11 is 1.63. The van der Waals surface area contributed by atoms with Gasteiger partial charge >= 0.3 is 0 Å². The van der Waals surface area contributed by atoms with Gasteiger partial charge in [0.05, 0.1) is 4.88 Å². The van der Waals surface area contributed by atoms with Crippen molar-refractivity contribution in [2.24, 2.45) is 0 Å². The van der Waals surface area contributed by atoms with Crippen molar-refractivity contribution in [1.82, 2.24) is 19.5 Å². The van der Waals surface area contributed by atoms with Gasteiger partial charge in [-0.05, 0) is 49.9 Å². The number of pyridine rings is 1. The van der Waals surface area contributed by atoms with Gasteiger partial charge in [-0.2, -0.15) is 0 Å². The largest absolute Gasteiger partial charge is 0.337 e. The minimum Gasteiger partial charge on any atom is -0.337 e. The van der Waals surface area contributed by atoms with Crippen LogP contribution in [0.3, 0.4) is 0 Å². The first kappa shape index (κ1) is 17.2. The van der Waals surface area contributed by atoms with E-state index in [1.807, 2.05) is 33.7 Å². The molecule has 1 amide bonds. The number of amides is 1.